The van der Waals surface area contributed by atoms with Crippen LogP contribution in [0.3, 0.4) is 0 Å². The maximum absolute atomic E-state index is 12.8. The minimum atomic E-state index is -0.128. The van der Waals surface area contributed by atoms with Gasteiger partial charge in [0.05, 0.1) is 5.69 Å². The monoisotopic (exact) mass is 365 g/mol. The molecular formula is C19H28ClN3O2. The van der Waals surface area contributed by atoms with Crippen LogP contribution in [0, 0.1) is 0 Å². The molecule has 0 spiro atoms. The van der Waals surface area contributed by atoms with Gasteiger partial charge in [0.25, 0.3) is 5.91 Å². The third kappa shape index (κ3) is 5.87. The van der Waals surface area contributed by atoms with Crippen LogP contribution in [0.4, 0.5) is 0 Å². The lowest BCUT2D eigenvalue weighted by Crippen LogP contribution is -2.32. The van der Waals surface area contributed by atoms with Crippen molar-refractivity contribution in [2.75, 3.05) is 13.1 Å². The van der Waals surface area contributed by atoms with E-state index < -0.39 is 0 Å². The minimum absolute atomic E-state index is 0. The van der Waals surface area contributed by atoms with Crippen LogP contribution < -0.4 is 5.73 Å². The van der Waals surface area contributed by atoms with Crippen LogP contribution in [0.25, 0.3) is 0 Å². The van der Waals surface area contributed by atoms with Crippen molar-refractivity contribution in [3.8, 4) is 0 Å². The Morgan fingerprint density at radius 1 is 1.24 bits per heavy atom. The van der Waals surface area contributed by atoms with Gasteiger partial charge < -0.3 is 15.2 Å². The summed E-state index contributed by atoms with van der Waals surface area (Å²) in [5.41, 5.74) is 7.56. The summed E-state index contributed by atoms with van der Waals surface area (Å²) in [6, 6.07) is 11.7. The fraction of sp³-hybridized carbons (Fsp3) is 0.474. The molecule has 0 saturated carbocycles. The Morgan fingerprint density at radius 2 is 1.92 bits per heavy atom. The summed E-state index contributed by atoms with van der Waals surface area (Å²) in [4.78, 5) is 14.6. The summed E-state index contributed by atoms with van der Waals surface area (Å²) < 4.78 is 5.34. The van der Waals surface area contributed by atoms with E-state index in [0.29, 0.717) is 31.3 Å². The summed E-state index contributed by atoms with van der Waals surface area (Å²) in [5, 5.41) is 4.10. The van der Waals surface area contributed by atoms with Crippen LogP contribution in [0.15, 0.2) is 40.9 Å². The van der Waals surface area contributed by atoms with Crippen molar-refractivity contribution in [1.29, 1.82) is 0 Å². The van der Waals surface area contributed by atoms with Gasteiger partial charge in [0.2, 0.25) is 5.76 Å². The van der Waals surface area contributed by atoms with Crippen molar-refractivity contribution in [3.05, 3.63) is 53.4 Å². The van der Waals surface area contributed by atoms with E-state index in [2.05, 4.69) is 19.0 Å². The highest BCUT2D eigenvalue weighted by molar-refractivity contribution is 5.91. The van der Waals surface area contributed by atoms with E-state index in [0.717, 1.165) is 30.5 Å². The molecule has 1 aromatic carbocycles. The van der Waals surface area contributed by atoms with Crippen molar-refractivity contribution in [2.24, 2.45) is 5.73 Å². The van der Waals surface area contributed by atoms with Crippen LogP contribution in [0.1, 0.15) is 60.8 Å². The van der Waals surface area contributed by atoms with Gasteiger partial charge in [-0.2, -0.15) is 0 Å². The summed E-state index contributed by atoms with van der Waals surface area (Å²) in [6.45, 7) is 5.93. The Labute approximate surface area is 156 Å². The molecule has 1 aromatic heterocycles. The topological polar surface area (TPSA) is 72.4 Å². The molecule has 0 aliphatic rings. The van der Waals surface area contributed by atoms with Crippen molar-refractivity contribution >= 4 is 18.3 Å². The highest BCUT2D eigenvalue weighted by atomic mass is 35.5. The SMILES string of the molecule is CCC(CC)c1cc(C(=O)N(CCCN)Cc2ccccc2)on1.Cl. The summed E-state index contributed by atoms with van der Waals surface area (Å²) >= 11 is 0. The number of amides is 1. The first kappa shape index (κ1) is 21.2. The van der Waals surface area contributed by atoms with Crippen LogP contribution in [0.5, 0.6) is 0 Å². The van der Waals surface area contributed by atoms with E-state index in [1.807, 2.05) is 30.3 Å². The third-order valence-corrected chi connectivity index (χ3v) is 4.28. The molecule has 0 radical (unpaired) electrons. The first-order valence-corrected chi connectivity index (χ1v) is 8.69. The Kier molecular flexibility index (Phi) is 9.24. The molecule has 0 aliphatic heterocycles. The van der Waals surface area contributed by atoms with Gasteiger partial charge in [-0.25, -0.2) is 0 Å². The molecule has 0 atom stereocenters. The zero-order valence-corrected chi connectivity index (χ0v) is 15.8. The fourth-order valence-electron chi connectivity index (χ4n) is 2.78. The van der Waals surface area contributed by atoms with Gasteiger partial charge in [-0.1, -0.05) is 49.3 Å². The average molecular weight is 366 g/mol. The third-order valence-electron chi connectivity index (χ3n) is 4.28. The quantitative estimate of drug-likeness (QED) is 0.729. The van der Waals surface area contributed by atoms with Gasteiger partial charge in [0.1, 0.15) is 0 Å². The number of benzene rings is 1. The summed E-state index contributed by atoms with van der Waals surface area (Å²) in [6.07, 6.45) is 2.72. The molecule has 25 heavy (non-hydrogen) atoms. The fourth-order valence-corrected chi connectivity index (χ4v) is 2.78. The second-order valence-electron chi connectivity index (χ2n) is 5.98. The molecule has 0 saturated heterocycles. The number of aromatic nitrogens is 1. The average Bonchev–Trinajstić information content (AvgIpc) is 3.10. The number of hydrogen-bond acceptors (Lipinski definition) is 4. The molecule has 1 heterocycles. The second kappa shape index (κ2) is 10.9. The Hall–Kier alpha value is -1.85. The van der Waals surface area contributed by atoms with E-state index in [1.165, 1.54) is 0 Å². The highest BCUT2D eigenvalue weighted by Gasteiger charge is 2.22. The normalized spacial score (nSPS) is 10.6. The van der Waals surface area contributed by atoms with Gasteiger partial charge >= 0.3 is 0 Å². The smallest absolute Gasteiger partial charge is 0.292 e. The van der Waals surface area contributed by atoms with Crippen molar-refractivity contribution < 1.29 is 9.32 Å². The van der Waals surface area contributed by atoms with Gasteiger partial charge in [0, 0.05) is 25.1 Å². The summed E-state index contributed by atoms with van der Waals surface area (Å²) in [5.74, 6) is 0.517. The Morgan fingerprint density at radius 3 is 2.52 bits per heavy atom. The molecule has 0 fully saturated rings. The number of halogens is 1. The first-order valence-electron chi connectivity index (χ1n) is 8.69. The molecule has 5 nitrogen and oxygen atoms in total. The summed E-state index contributed by atoms with van der Waals surface area (Å²) in [7, 11) is 0. The van der Waals surface area contributed by atoms with Crippen molar-refractivity contribution in [1.82, 2.24) is 10.1 Å². The van der Waals surface area contributed by atoms with Crippen LogP contribution in [0.2, 0.25) is 0 Å². The van der Waals surface area contributed by atoms with E-state index >= 15 is 0 Å². The second-order valence-corrected chi connectivity index (χ2v) is 5.98. The van der Waals surface area contributed by atoms with Gasteiger partial charge in [0.15, 0.2) is 0 Å². The highest BCUT2D eigenvalue weighted by Crippen LogP contribution is 2.23. The predicted octanol–water partition coefficient (Wildman–Crippen LogP) is 3.99. The zero-order chi connectivity index (χ0) is 17.4. The van der Waals surface area contributed by atoms with Gasteiger partial charge in [-0.15, -0.1) is 12.4 Å². The molecule has 138 valence electrons. The Bertz CT molecular complexity index is 627. The molecule has 0 bridgehead atoms. The maximum Gasteiger partial charge on any atom is 0.292 e. The number of carbonyl (C=O) groups excluding carboxylic acids is 1. The van der Waals surface area contributed by atoms with Crippen molar-refractivity contribution in [2.45, 2.75) is 45.6 Å². The molecule has 2 aromatic rings. The molecule has 0 aliphatic carbocycles. The molecule has 0 unspecified atom stereocenters. The molecular weight excluding hydrogens is 338 g/mol. The predicted molar refractivity (Wildman–Crippen MR) is 102 cm³/mol. The first-order chi connectivity index (χ1) is 11.7. The lowest BCUT2D eigenvalue weighted by Gasteiger charge is -2.21. The zero-order valence-electron chi connectivity index (χ0n) is 15.0. The van der Waals surface area contributed by atoms with Gasteiger partial charge in [-0.3, -0.25) is 4.79 Å². The molecule has 2 N–H and O–H groups in total. The largest absolute Gasteiger partial charge is 0.351 e. The minimum Gasteiger partial charge on any atom is -0.351 e. The van der Waals surface area contributed by atoms with Crippen LogP contribution in [-0.4, -0.2) is 29.1 Å². The number of nitrogens with zero attached hydrogens (tertiary/aromatic N) is 2. The molecule has 2 rings (SSSR count). The van der Waals surface area contributed by atoms with Crippen LogP contribution in [-0.2, 0) is 6.54 Å². The van der Waals surface area contributed by atoms with E-state index in [4.69, 9.17) is 10.3 Å². The Balaban J connectivity index is 0.00000312. The number of nitrogens with two attached hydrogens (primary N) is 1. The van der Waals surface area contributed by atoms with E-state index in [9.17, 15) is 4.79 Å². The maximum atomic E-state index is 12.8. The van der Waals surface area contributed by atoms with Gasteiger partial charge in [-0.05, 0) is 31.4 Å². The number of hydrogen-bond donors (Lipinski definition) is 1. The van der Waals surface area contributed by atoms with E-state index in [-0.39, 0.29) is 18.3 Å². The molecule has 1 amide bonds. The molecule has 6 heteroatoms. The lowest BCUT2D eigenvalue weighted by atomic mass is 9.99. The standard InChI is InChI=1S/C19H27N3O2.ClH/c1-3-16(4-2)17-13-18(24-21-17)19(23)22(12-8-11-20)14-15-9-6-5-7-10-15;/h5-7,9-10,13,16H,3-4,8,11-12,14,20H2,1-2H3;1H. The van der Waals surface area contributed by atoms with E-state index in [1.54, 1.807) is 11.0 Å². The number of rotatable bonds is 9. The van der Waals surface area contributed by atoms with Crippen LogP contribution >= 0.6 is 12.4 Å². The number of carbonyl (C=O) groups is 1. The van der Waals surface area contributed by atoms with Crippen molar-refractivity contribution in [3.63, 3.8) is 0 Å². The lowest BCUT2D eigenvalue weighted by molar-refractivity contribution is 0.0700.